The molecule has 0 aromatic heterocycles. The third-order valence-electron chi connectivity index (χ3n) is 4.39. The Morgan fingerprint density at radius 1 is 0.741 bits per heavy atom. The van der Waals surface area contributed by atoms with Crippen LogP contribution in [-0.2, 0) is 9.59 Å². The molecule has 0 atom stereocenters. The molecule has 0 unspecified atom stereocenters. The molecule has 0 aliphatic rings. The second-order valence-electron chi connectivity index (χ2n) is 6.81. The van der Waals surface area contributed by atoms with Crippen molar-refractivity contribution < 1.29 is 9.59 Å². The zero-order chi connectivity index (χ0) is 20.2. The topological polar surface area (TPSA) is 61.4 Å². The maximum atomic E-state index is 11.7. The first-order valence-electron chi connectivity index (χ1n) is 10.7. The Morgan fingerprint density at radius 3 is 1.56 bits per heavy atom. The van der Waals surface area contributed by atoms with Crippen LogP contribution in [0.25, 0.3) is 0 Å². The number of hydrogen-bond acceptors (Lipinski definition) is 3. The Labute approximate surface area is 166 Å². The van der Waals surface area contributed by atoms with Gasteiger partial charge in [-0.3, -0.25) is 9.59 Å². The van der Waals surface area contributed by atoms with Crippen LogP contribution in [0.3, 0.4) is 0 Å². The summed E-state index contributed by atoms with van der Waals surface area (Å²) in [6.45, 7) is 10.1. The first-order chi connectivity index (χ1) is 13.1. The summed E-state index contributed by atoms with van der Waals surface area (Å²) in [5.74, 6) is -0.0480. The molecule has 0 bridgehead atoms. The van der Waals surface area contributed by atoms with E-state index in [9.17, 15) is 9.59 Å². The highest BCUT2D eigenvalue weighted by atomic mass is 16.2. The molecule has 2 amide bonds. The van der Waals surface area contributed by atoms with Crippen LogP contribution in [0.1, 0.15) is 72.1 Å². The number of carbonyl (C=O) groups is 2. The van der Waals surface area contributed by atoms with Crippen LogP contribution in [0.4, 0.5) is 0 Å². The van der Waals surface area contributed by atoms with Gasteiger partial charge >= 0.3 is 0 Å². The Kier molecular flexibility index (Phi) is 18.0. The van der Waals surface area contributed by atoms with Gasteiger partial charge in [-0.05, 0) is 44.4 Å². The molecule has 0 heterocycles. The van der Waals surface area contributed by atoms with E-state index in [2.05, 4.69) is 36.3 Å². The summed E-state index contributed by atoms with van der Waals surface area (Å²) in [6, 6.07) is 0. The summed E-state index contributed by atoms with van der Waals surface area (Å²) < 4.78 is 0. The van der Waals surface area contributed by atoms with Gasteiger partial charge in [-0.25, -0.2) is 0 Å². The van der Waals surface area contributed by atoms with Gasteiger partial charge in [0.1, 0.15) is 0 Å². The third-order valence-corrected chi connectivity index (χ3v) is 4.39. The SMILES string of the molecule is CCCCC/C=C/C(=O)NCCN(CC)CCNC(=O)/C=C/CCCCC. The molecule has 0 aromatic rings. The number of amides is 2. The fourth-order valence-corrected chi connectivity index (χ4v) is 2.63. The van der Waals surface area contributed by atoms with Gasteiger partial charge < -0.3 is 15.5 Å². The molecule has 0 saturated carbocycles. The fraction of sp³-hybridized carbons (Fsp3) is 0.727. The van der Waals surface area contributed by atoms with E-state index in [1.54, 1.807) is 12.2 Å². The smallest absolute Gasteiger partial charge is 0.243 e. The minimum Gasteiger partial charge on any atom is -0.351 e. The highest BCUT2D eigenvalue weighted by molar-refractivity contribution is 5.87. The second kappa shape index (κ2) is 19.2. The number of likely N-dealkylation sites (N-methyl/N-ethyl adjacent to an activating group) is 1. The molecule has 0 saturated heterocycles. The van der Waals surface area contributed by atoms with Gasteiger partial charge in [0.2, 0.25) is 11.8 Å². The maximum absolute atomic E-state index is 11.7. The molecule has 27 heavy (non-hydrogen) atoms. The molecule has 2 N–H and O–H groups in total. The van der Waals surface area contributed by atoms with Gasteiger partial charge in [0.25, 0.3) is 0 Å². The zero-order valence-corrected chi connectivity index (χ0v) is 17.8. The van der Waals surface area contributed by atoms with Gasteiger partial charge in [0.15, 0.2) is 0 Å². The average molecular weight is 380 g/mol. The summed E-state index contributed by atoms with van der Waals surface area (Å²) in [4.78, 5) is 25.7. The monoisotopic (exact) mass is 379 g/mol. The molecule has 0 aromatic carbocycles. The van der Waals surface area contributed by atoms with Crippen molar-refractivity contribution in [1.29, 1.82) is 0 Å². The lowest BCUT2D eigenvalue weighted by molar-refractivity contribution is -0.117. The van der Waals surface area contributed by atoms with E-state index in [-0.39, 0.29) is 11.8 Å². The first-order valence-corrected chi connectivity index (χ1v) is 10.7. The number of unbranched alkanes of at least 4 members (excludes halogenated alkanes) is 6. The Morgan fingerprint density at radius 2 is 1.19 bits per heavy atom. The third kappa shape index (κ3) is 17.5. The number of rotatable bonds is 17. The zero-order valence-electron chi connectivity index (χ0n) is 17.8. The van der Waals surface area contributed by atoms with Crippen LogP contribution in [0.5, 0.6) is 0 Å². The van der Waals surface area contributed by atoms with Gasteiger partial charge in [-0.2, -0.15) is 0 Å². The van der Waals surface area contributed by atoms with Crippen LogP contribution in [0, 0.1) is 0 Å². The standard InChI is InChI=1S/C22H41N3O2/c1-4-7-9-11-13-15-21(26)23-17-19-25(6-3)20-18-24-22(27)16-14-12-10-8-5-2/h13-16H,4-12,17-20H2,1-3H3,(H,23,26)(H,24,27)/b15-13+,16-14+. The average Bonchev–Trinajstić information content (AvgIpc) is 2.66. The van der Waals surface area contributed by atoms with E-state index >= 15 is 0 Å². The van der Waals surface area contributed by atoms with Crippen molar-refractivity contribution in [3.63, 3.8) is 0 Å². The van der Waals surface area contributed by atoms with Gasteiger partial charge in [0.05, 0.1) is 0 Å². The number of carbonyl (C=O) groups excluding carboxylic acids is 2. The second-order valence-corrected chi connectivity index (χ2v) is 6.81. The lowest BCUT2D eigenvalue weighted by Gasteiger charge is -2.20. The van der Waals surface area contributed by atoms with Crippen molar-refractivity contribution in [2.45, 2.75) is 72.1 Å². The Hall–Kier alpha value is -1.62. The van der Waals surface area contributed by atoms with E-state index in [1.807, 2.05) is 12.2 Å². The molecular formula is C22H41N3O2. The summed E-state index contributed by atoms with van der Waals surface area (Å²) >= 11 is 0. The molecule has 5 nitrogen and oxygen atoms in total. The van der Waals surface area contributed by atoms with E-state index in [0.717, 1.165) is 45.3 Å². The van der Waals surface area contributed by atoms with Crippen LogP contribution in [0.15, 0.2) is 24.3 Å². The highest BCUT2D eigenvalue weighted by Gasteiger charge is 2.03. The fourth-order valence-electron chi connectivity index (χ4n) is 2.63. The molecular weight excluding hydrogens is 338 g/mol. The Bertz CT molecular complexity index is 395. The van der Waals surface area contributed by atoms with E-state index in [1.165, 1.54) is 25.7 Å². The molecule has 0 aliphatic carbocycles. The molecule has 0 spiro atoms. The summed E-state index contributed by atoms with van der Waals surface area (Å²) in [5, 5.41) is 5.83. The number of hydrogen-bond donors (Lipinski definition) is 2. The van der Waals surface area contributed by atoms with Crippen LogP contribution < -0.4 is 10.6 Å². The number of allylic oxidation sites excluding steroid dienone is 2. The summed E-state index contributed by atoms with van der Waals surface area (Å²) in [7, 11) is 0. The summed E-state index contributed by atoms with van der Waals surface area (Å²) in [5.41, 5.74) is 0. The number of nitrogens with zero attached hydrogens (tertiary/aromatic N) is 1. The largest absolute Gasteiger partial charge is 0.351 e. The van der Waals surface area contributed by atoms with Gasteiger partial charge in [-0.15, -0.1) is 0 Å². The number of nitrogens with one attached hydrogen (secondary N) is 2. The van der Waals surface area contributed by atoms with Gasteiger partial charge in [0, 0.05) is 26.2 Å². The molecule has 0 aliphatic heterocycles. The minimum atomic E-state index is -0.0240. The normalized spacial score (nSPS) is 11.6. The first kappa shape index (κ1) is 25.4. The maximum Gasteiger partial charge on any atom is 0.243 e. The summed E-state index contributed by atoms with van der Waals surface area (Å²) in [6.07, 6.45) is 16.2. The minimum absolute atomic E-state index is 0.0240. The quantitative estimate of drug-likeness (QED) is 0.298. The van der Waals surface area contributed by atoms with E-state index in [4.69, 9.17) is 0 Å². The van der Waals surface area contributed by atoms with Crippen LogP contribution >= 0.6 is 0 Å². The van der Waals surface area contributed by atoms with Crippen molar-refractivity contribution >= 4 is 11.8 Å². The highest BCUT2D eigenvalue weighted by Crippen LogP contribution is 2.00. The van der Waals surface area contributed by atoms with Gasteiger partial charge in [-0.1, -0.05) is 58.6 Å². The van der Waals surface area contributed by atoms with Crippen molar-refractivity contribution in [2.24, 2.45) is 0 Å². The van der Waals surface area contributed by atoms with Crippen molar-refractivity contribution in [1.82, 2.24) is 15.5 Å². The Balaban J connectivity index is 3.79. The van der Waals surface area contributed by atoms with Crippen LogP contribution in [0.2, 0.25) is 0 Å². The van der Waals surface area contributed by atoms with Crippen molar-refractivity contribution in [3.8, 4) is 0 Å². The molecule has 5 heteroatoms. The molecule has 0 rings (SSSR count). The molecule has 0 radical (unpaired) electrons. The predicted octanol–water partition coefficient (Wildman–Crippen LogP) is 3.81. The molecule has 0 fully saturated rings. The predicted molar refractivity (Wildman–Crippen MR) is 115 cm³/mol. The van der Waals surface area contributed by atoms with Crippen molar-refractivity contribution in [2.75, 3.05) is 32.7 Å². The lowest BCUT2D eigenvalue weighted by Crippen LogP contribution is -2.38. The van der Waals surface area contributed by atoms with E-state index < -0.39 is 0 Å². The van der Waals surface area contributed by atoms with E-state index in [0.29, 0.717) is 13.1 Å². The lowest BCUT2D eigenvalue weighted by atomic mass is 10.2. The van der Waals surface area contributed by atoms with Crippen molar-refractivity contribution in [3.05, 3.63) is 24.3 Å². The molecule has 156 valence electrons. The van der Waals surface area contributed by atoms with Crippen LogP contribution in [-0.4, -0.2) is 49.4 Å².